The number of likely N-dealkylation sites (tertiary alicyclic amines) is 2. The van der Waals surface area contributed by atoms with Crippen LogP contribution in [0.25, 0.3) is 16.9 Å². The Morgan fingerprint density at radius 2 is 1.74 bits per heavy atom. The van der Waals surface area contributed by atoms with E-state index in [9.17, 15) is 9.59 Å². The predicted octanol–water partition coefficient (Wildman–Crippen LogP) is 3.38. The van der Waals surface area contributed by atoms with Crippen LogP contribution in [-0.2, 0) is 4.79 Å². The number of rotatable bonds is 7. The van der Waals surface area contributed by atoms with Crippen molar-refractivity contribution >= 4 is 22.9 Å². The summed E-state index contributed by atoms with van der Waals surface area (Å²) in [5.74, 6) is 1.56. The Morgan fingerprint density at radius 3 is 2.51 bits per heavy atom. The standard InChI is InChI=1S/C29H31N7O3/c30-27-26-28(32-20-31-27)36(22-14-18-34(19-22)25(37)9-6-17-33-15-4-5-16-33)29(38)35(26)21-10-12-24(13-11-21)39-23-7-2-1-3-8-23/h1-3,6-13,20,22H,4-5,14-19H2,(H2,30,31,32)/b9-6+/t22-/m1/s1. The van der Waals surface area contributed by atoms with Crippen molar-refractivity contribution in [1.82, 2.24) is 28.9 Å². The topological polar surface area (TPSA) is 112 Å². The van der Waals surface area contributed by atoms with Crippen molar-refractivity contribution in [2.45, 2.75) is 25.3 Å². The fourth-order valence-corrected chi connectivity index (χ4v) is 5.45. The lowest BCUT2D eigenvalue weighted by Gasteiger charge is -2.15. The van der Waals surface area contributed by atoms with Gasteiger partial charge in [0.1, 0.15) is 23.3 Å². The number of amides is 1. The van der Waals surface area contributed by atoms with Crippen LogP contribution in [0.1, 0.15) is 25.3 Å². The second-order valence-electron chi connectivity index (χ2n) is 9.96. The van der Waals surface area contributed by atoms with Crippen molar-refractivity contribution in [1.29, 1.82) is 0 Å². The molecule has 2 aromatic heterocycles. The SMILES string of the molecule is Nc1ncnc2c1n(-c1ccc(Oc3ccccc3)cc1)c(=O)n2[C@@H]1CCN(C(=O)/C=C/CN2CCCC2)C1. The van der Waals surface area contributed by atoms with E-state index in [4.69, 9.17) is 10.5 Å². The van der Waals surface area contributed by atoms with Gasteiger partial charge in [0.05, 0.1) is 11.7 Å². The Hall–Kier alpha value is -4.44. The summed E-state index contributed by atoms with van der Waals surface area (Å²) in [6.45, 7) is 3.97. The predicted molar refractivity (Wildman–Crippen MR) is 149 cm³/mol. The summed E-state index contributed by atoms with van der Waals surface area (Å²) in [7, 11) is 0. The van der Waals surface area contributed by atoms with E-state index in [0.29, 0.717) is 42.1 Å². The highest BCUT2D eigenvalue weighted by Gasteiger charge is 2.31. The summed E-state index contributed by atoms with van der Waals surface area (Å²) < 4.78 is 9.10. The third kappa shape index (κ3) is 5.03. The first-order chi connectivity index (χ1) is 19.1. The third-order valence-electron chi connectivity index (χ3n) is 7.42. The largest absolute Gasteiger partial charge is 0.457 e. The van der Waals surface area contributed by atoms with Crippen LogP contribution in [-0.4, -0.2) is 67.5 Å². The van der Waals surface area contributed by atoms with Gasteiger partial charge in [-0.15, -0.1) is 0 Å². The van der Waals surface area contributed by atoms with Crippen LogP contribution in [0.5, 0.6) is 11.5 Å². The molecule has 0 aliphatic carbocycles. The molecule has 0 unspecified atom stereocenters. The molecule has 4 heterocycles. The van der Waals surface area contributed by atoms with E-state index in [1.165, 1.54) is 23.7 Å². The van der Waals surface area contributed by atoms with Gasteiger partial charge in [-0.25, -0.2) is 14.8 Å². The first kappa shape index (κ1) is 24.9. The maximum absolute atomic E-state index is 13.8. The van der Waals surface area contributed by atoms with Crippen LogP contribution in [0.2, 0.25) is 0 Å². The highest BCUT2D eigenvalue weighted by Crippen LogP contribution is 2.29. The van der Waals surface area contributed by atoms with E-state index in [1.54, 1.807) is 15.5 Å². The minimum atomic E-state index is -0.266. The van der Waals surface area contributed by atoms with Gasteiger partial charge in [0, 0.05) is 25.7 Å². The number of para-hydroxylation sites is 1. The first-order valence-corrected chi connectivity index (χ1v) is 13.3. The molecule has 10 nitrogen and oxygen atoms in total. The molecule has 10 heteroatoms. The number of nitrogens with two attached hydrogens (primary N) is 1. The molecular formula is C29H31N7O3. The molecule has 200 valence electrons. The fourth-order valence-electron chi connectivity index (χ4n) is 5.45. The normalized spacial score (nSPS) is 17.9. The van der Waals surface area contributed by atoms with Crippen molar-refractivity contribution in [3.8, 4) is 17.2 Å². The molecule has 2 aliphatic rings. The molecule has 2 aliphatic heterocycles. The van der Waals surface area contributed by atoms with E-state index >= 15 is 0 Å². The number of hydrogen-bond donors (Lipinski definition) is 1. The van der Waals surface area contributed by atoms with Crippen molar-refractivity contribution in [3.63, 3.8) is 0 Å². The maximum atomic E-state index is 13.8. The molecule has 0 saturated carbocycles. The molecule has 2 N–H and O–H groups in total. The number of anilines is 1. The molecule has 2 saturated heterocycles. The number of benzene rings is 2. The molecule has 0 radical (unpaired) electrons. The molecule has 0 bridgehead atoms. The summed E-state index contributed by atoms with van der Waals surface area (Å²) in [5, 5.41) is 0. The number of nitrogen functional groups attached to an aromatic ring is 1. The average Bonchev–Trinajstić information content (AvgIpc) is 3.70. The van der Waals surface area contributed by atoms with Crippen LogP contribution >= 0.6 is 0 Å². The number of aromatic nitrogens is 4. The zero-order chi connectivity index (χ0) is 26.8. The Bertz CT molecular complexity index is 1550. The molecular weight excluding hydrogens is 494 g/mol. The second-order valence-corrected chi connectivity index (χ2v) is 9.96. The van der Waals surface area contributed by atoms with Gasteiger partial charge in [0.2, 0.25) is 5.91 Å². The maximum Gasteiger partial charge on any atom is 0.335 e. The van der Waals surface area contributed by atoms with Crippen LogP contribution in [0.4, 0.5) is 5.82 Å². The lowest BCUT2D eigenvalue weighted by molar-refractivity contribution is -0.125. The van der Waals surface area contributed by atoms with Gasteiger partial charge in [-0.1, -0.05) is 24.3 Å². The van der Waals surface area contributed by atoms with Gasteiger partial charge in [0.25, 0.3) is 0 Å². The zero-order valence-electron chi connectivity index (χ0n) is 21.6. The number of imidazole rings is 1. The van der Waals surface area contributed by atoms with Crippen molar-refractivity contribution < 1.29 is 9.53 Å². The molecule has 1 amide bonds. The Balaban J connectivity index is 1.25. The van der Waals surface area contributed by atoms with Crippen molar-refractivity contribution in [3.05, 3.63) is 83.6 Å². The second kappa shape index (κ2) is 10.7. The lowest BCUT2D eigenvalue weighted by Crippen LogP contribution is -2.31. The minimum absolute atomic E-state index is 0.0309. The van der Waals surface area contributed by atoms with Crippen LogP contribution in [0.15, 0.2) is 77.9 Å². The van der Waals surface area contributed by atoms with Crippen molar-refractivity contribution in [2.24, 2.45) is 0 Å². The summed E-state index contributed by atoms with van der Waals surface area (Å²) in [6.07, 6.45) is 8.06. The molecule has 4 aromatic rings. The highest BCUT2D eigenvalue weighted by molar-refractivity contribution is 5.88. The van der Waals surface area contributed by atoms with Gasteiger partial charge in [0.15, 0.2) is 11.5 Å². The van der Waals surface area contributed by atoms with E-state index in [1.807, 2.05) is 60.7 Å². The third-order valence-corrected chi connectivity index (χ3v) is 7.42. The minimum Gasteiger partial charge on any atom is -0.457 e. The van der Waals surface area contributed by atoms with Gasteiger partial charge < -0.3 is 15.4 Å². The number of carbonyl (C=O) groups excluding carboxylic acids is 1. The van der Waals surface area contributed by atoms with Crippen molar-refractivity contribution in [2.75, 3.05) is 38.5 Å². The monoisotopic (exact) mass is 525 g/mol. The Labute approximate surface area is 225 Å². The number of carbonyl (C=O) groups is 1. The summed E-state index contributed by atoms with van der Waals surface area (Å²) in [6, 6.07) is 16.5. The lowest BCUT2D eigenvalue weighted by atomic mass is 10.2. The van der Waals surface area contributed by atoms with E-state index in [0.717, 1.165) is 25.4 Å². The number of nitrogens with zero attached hydrogens (tertiary/aromatic N) is 6. The summed E-state index contributed by atoms with van der Waals surface area (Å²) in [4.78, 5) is 39.4. The smallest absolute Gasteiger partial charge is 0.335 e. The van der Waals surface area contributed by atoms with E-state index in [-0.39, 0.29) is 23.5 Å². The van der Waals surface area contributed by atoms with Crippen LogP contribution in [0, 0.1) is 0 Å². The highest BCUT2D eigenvalue weighted by atomic mass is 16.5. The average molecular weight is 526 g/mol. The van der Waals surface area contributed by atoms with Crippen LogP contribution in [0.3, 0.4) is 0 Å². The van der Waals surface area contributed by atoms with Gasteiger partial charge in [-0.3, -0.25) is 18.8 Å². The van der Waals surface area contributed by atoms with E-state index in [2.05, 4.69) is 14.9 Å². The summed E-state index contributed by atoms with van der Waals surface area (Å²) in [5.41, 5.74) is 7.54. The first-order valence-electron chi connectivity index (χ1n) is 13.3. The number of fused-ring (bicyclic) bond motifs is 1. The van der Waals surface area contributed by atoms with Gasteiger partial charge in [-0.2, -0.15) is 0 Å². The molecule has 1 atom stereocenters. The zero-order valence-corrected chi connectivity index (χ0v) is 21.6. The molecule has 0 spiro atoms. The molecule has 2 aromatic carbocycles. The number of hydrogen-bond acceptors (Lipinski definition) is 7. The van der Waals surface area contributed by atoms with E-state index < -0.39 is 0 Å². The number of ether oxygens (including phenoxy) is 1. The summed E-state index contributed by atoms with van der Waals surface area (Å²) >= 11 is 0. The molecule has 2 fully saturated rings. The molecule has 39 heavy (non-hydrogen) atoms. The van der Waals surface area contributed by atoms with Crippen LogP contribution < -0.4 is 16.2 Å². The fraction of sp³-hybridized carbons (Fsp3) is 0.310. The Morgan fingerprint density at radius 1 is 1.00 bits per heavy atom. The molecule has 6 rings (SSSR count). The Kier molecular flexibility index (Phi) is 6.85. The quantitative estimate of drug-likeness (QED) is 0.368. The van der Waals surface area contributed by atoms with Gasteiger partial charge >= 0.3 is 5.69 Å². The van der Waals surface area contributed by atoms with Gasteiger partial charge in [-0.05, 0) is 68.8 Å².